The van der Waals surface area contributed by atoms with Gasteiger partial charge in [-0.3, -0.25) is 4.72 Å². The quantitative estimate of drug-likeness (QED) is 0.821. The molecule has 0 bridgehead atoms. The third-order valence-corrected chi connectivity index (χ3v) is 5.02. The zero-order valence-electron chi connectivity index (χ0n) is 12.0. The summed E-state index contributed by atoms with van der Waals surface area (Å²) in [6, 6.07) is 11.3. The molecule has 0 aromatic heterocycles. The monoisotopic (exact) mass is 383 g/mol. The van der Waals surface area contributed by atoms with E-state index in [9.17, 15) is 13.2 Å². The van der Waals surface area contributed by atoms with Crippen molar-refractivity contribution < 1.29 is 17.9 Å². The lowest BCUT2D eigenvalue weighted by molar-refractivity contribution is 0.0602. The molecule has 0 aliphatic heterocycles. The molecule has 5 nitrogen and oxygen atoms in total. The van der Waals surface area contributed by atoms with Gasteiger partial charge in [0.05, 0.1) is 23.3 Å². The number of aryl methyl sites for hydroxylation is 1. The minimum atomic E-state index is -3.82. The summed E-state index contributed by atoms with van der Waals surface area (Å²) in [5.74, 6) is -0.607. The maximum atomic E-state index is 12.6. The number of rotatable bonds is 4. The van der Waals surface area contributed by atoms with Crippen molar-refractivity contribution in [1.29, 1.82) is 0 Å². The van der Waals surface area contributed by atoms with Crippen LogP contribution in [0.4, 0.5) is 5.69 Å². The number of hydrogen-bond donors (Lipinski definition) is 1. The molecule has 0 amide bonds. The minimum absolute atomic E-state index is 0.140. The van der Waals surface area contributed by atoms with Crippen molar-refractivity contribution in [3.05, 3.63) is 58.1 Å². The van der Waals surface area contributed by atoms with Gasteiger partial charge in [-0.2, -0.15) is 0 Å². The van der Waals surface area contributed by atoms with E-state index in [0.29, 0.717) is 10.0 Å². The summed E-state index contributed by atoms with van der Waals surface area (Å²) < 4.78 is 32.9. The van der Waals surface area contributed by atoms with E-state index in [1.165, 1.54) is 25.3 Å². The lowest BCUT2D eigenvalue weighted by Gasteiger charge is -2.13. The van der Waals surface area contributed by atoms with Crippen molar-refractivity contribution in [3.63, 3.8) is 0 Å². The van der Waals surface area contributed by atoms with Crippen molar-refractivity contribution in [3.8, 4) is 0 Å². The number of ether oxygens (including phenoxy) is 1. The second kappa shape index (κ2) is 6.50. The third kappa shape index (κ3) is 3.48. The first-order valence-electron chi connectivity index (χ1n) is 6.31. The van der Waals surface area contributed by atoms with Gasteiger partial charge in [0, 0.05) is 4.47 Å². The highest BCUT2D eigenvalue weighted by Crippen LogP contribution is 2.25. The average Bonchev–Trinajstić information content (AvgIpc) is 2.49. The Morgan fingerprint density at radius 2 is 1.86 bits per heavy atom. The van der Waals surface area contributed by atoms with Crippen LogP contribution in [-0.2, 0) is 14.8 Å². The van der Waals surface area contributed by atoms with E-state index in [-0.39, 0.29) is 16.1 Å². The van der Waals surface area contributed by atoms with E-state index < -0.39 is 16.0 Å². The molecule has 0 saturated carbocycles. The van der Waals surface area contributed by atoms with Crippen LogP contribution < -0.4 is 4.72 Å². The number of methoxy groups -OCH3 is 1. The van der Waals surface area contributed by atoms with Crippen LogP contribution >= 0.6 is 15.9 Å². The molecule has 2 rings (SSSR count). The van der Waals surface area contributed by atoms with Gasteiger partial charge in [0.1, 0.15) is 0 Å². The van der Waals surface area contributed by atoms with Crippen LogP contribution in [0.25, 0.3) is 0 Å². The first kappa shape index (κ1) is 16.5. The first-order valence-corrected chi connectivity index (χ1v) is 8.59. The summed E-state index contributed by atoms with van der Waals surface area (Å²) in [6.45, 7) is 1.70. The molecule has 0 aliphatic rings. The fourth-order valence-corrected chi connectivity index (χ4v) is 3.79. The molecule has 0 spiro atoms. The molecule has 7 heteroatoms. The van der Waals surface area contributed by atoms with Crippen LogP contribution in [0, 0.1) is 6.92 Å². The van der Waals surface area contributed by atoms with Crippen molar-refractivity contribution in [1.82, 2.24) is 0 Å². The largest absolute Gasteiger partial charge is 0.465 e. The normalized spacial score (nSPS) is 11.0. The number of carbonyl (C=O) groups excluding carboxylic acids is 1. The lowest BCUT2D eigenvalue weighted by Crippen LogP contribution is -2.17. The second-order valence-electron chi connectivity index (χ2n) is 4.55. The fraction of sp³-hybridized carbons (Fsp3) is 0.133. The van der Waals surface area contributed by atoms with Gasteiger partial charge in [-0.25, -0.2) is 13.2 Å². The highest BCUT2D eigenvalue weighted by Gasteiger charge is 2.20. The number of halogens is 1. The van der Waals surface area contributed by atoms with E-state index in [1.54, 1.807) is 31.2 Å². The molecule has 0 aliphatic carbocycles. The average molecular weight is 384 g/mol. The van der Waals surface area contributed by atoms with E-state index in [4.69, 9.17) is 0 Å². The molecule has 0 saturated heterocycles. The van der Waals surface area contributed by atoms with Gasteiger partial charge in [-0.1, -0.05) is 34.1 Å². The van der Waals surface area contributed by atoms with Crippen molar-refractivity contribution in [2.75, 3.05) is 11.8 Å². The zero-order valence-corrected chi connectivity index (χ0v) is 14.4. The van der Waals surface area contributed by atoms with Crippen LogP contribution in [0.15, 0.2) is 51.8 Å². The summed E-state index contributed by atoms with van der Waals surface area (Å²) in [5.41, 5.74) is 0.932. The van der Waals surface area contributed by atoms with Crippen LogP contribution in [-0.4, -0.2) is 21.5 Å². The number of para-hydroxylation sites is 1. The van der Waals surface area contributed by atoms with Gasteiger partial charge in [0.25, 0.3) is 10.0 Å². The molecule has 0 atom stereocenters. The Kier molecular flexibility index (Phi) is 4.87. The number of hydrogen-bond acceptors (Lipinski definition) is 4. The SMILES string of the molecule is COC(=O)c1ccccc1NS(=O)(=O)c1cc(Br)ccc1C. The number of esters is 1. The lowest BCUT2D eigenvalue weighted by atomic mass is 10.2. The Morgan fingerprint density at radius 3 is 2.55 bits per heavy atom. The molecular formula is C15H14BrNO4S. The van der Waals surface area contributed by atoms with Crippen molar-refractivity contribution >= 4 is 37.6 Å². The van der Waals surface area contributed by atoms with E-state index >= 15 is 0 Å². The van der Waals surface area contributed by atoms with Gasteiger partial charge in [-0.15, -0.1) is 0 Å². The molecule has 0 heterocycles. The number of sulfonamides is 1. The Balaban J connectivity index is 2.46. The Labute approximate surface area is 137 Å². The van der Waals surface area contributed by atoms with Crippen molar-refractivity contribution in [2.24, 2.45) is 0 Å². The summed E-state index contributed by atoms with van der Waals surface area (Å²) in [4.78, 5) is 11.9. The molecule has 0 unspecified atom stereocenters. The molecule has 22 heavy (non-hydrogen) atoms. The van der Waals surface area contributed by atoms with Crippen LogP contribution in [0.3, 0.4) is 0 Å². The highest BCUT2D eigenvalue weighted by molar-refractivity contribution is 9.10. The molecule has 0 fully saturated rings. The third-order valence-electron chi connectivity index (χ3n) is 3.02. The number of anilines is 1. The zero-order chi connectivity index (χ0) is 16.3. The van der Waals surface area contributed by atoms with E-state index in [0.717, 1.165) is 0 Å². The number of benzene rings is 2. The first-order chi connectivity index (χ1) is 10.3. The van der Waals surface area contributed by atoms with E-state index in [1.807, 2.05) is 0 Å². The smallest absolute Gasteiger partial charge is 0.339 e. The van der Waals surface area contributed by atoms with E-state index in [2.05, 4.69) is 25.4 Å². The summed E-state index contributed by atoms with van der Waals surface area (Å²) in [5, 5.41) is 0. The topological polar surface area (TPSA) is 72.5 Å². The van der Waals surface area contributed by atoms with Gasteiger partial charge in [0.15, 0.2) is 0 Å². The van der Waals surface area contributed by atoms with Crippen molar-refractivity contribution in [2.45, 2.75) is 11.8 Å². The summed E-state index contributed by atoms with van der Waals surface area (Å²) >= 11 is 3.26. The van der Waals surface area contributed by atoms with Crippen LogP contribution in [0.1, 0.15) is 15.9 Å². The molecule has 2 aromatic rings. The molecular weight excluding hydrogens is 370 g/mol. The number of carbonyl (C=O) groups is 1. The van der Waals surface area contributed by atoms with Gasteiger partial charge in [-0.05, 0) is 36.8 Å². The highest BCUT2D eigenvalue weighted by atomic mass is 79.9. The summed E-state index contributed by atoms with van der Waals surface area (Å²) in [7, 11) is -2.58. The molecule has 1 N–H and O–H groups in total. The van der Waals surface area contributed by atoms with Crippen LogP contribution in [0.2, 0.25) is 0 Å². The predicted octanol–water partition coefficient (Wildman–Crippen LogP) is 3.34. The predicted molar refractivity (Wildman–Crippen MR) is 87.5 cm³/mol. The maximum Gasteiger partial charge on any atom is 0.339 e. The standard InChI is InChI=1S/C15H14BrNO4S/c1-10-7-8-11(16)9-14(10)22(19,20)17-13-6-4-3-5-12(13)15(18)21-2/h3-9,17H,1-2H3. The molecule has 116 valence electrons. The minimum Gasteiger partial charge on any atom is -0.465 e. The fourth-order valence-electron chi connectivity index (χ4n) is 1.92. The molecule has 2 aromatic carbocycles. The number of nitrogens with one attached hydrogen (secondary N) is 1. The Bertz CT molecular complexity index is 818. The van der Waals surface area contributed by atoms with Crippen LogP contribution in [0.5, 0.6) is 0 Å². The Hall–Kier alpha value is -1.86. The Morgan fingerprint density at radius 1 is 1.18 bits per heavy atom. The maximum absolute atomic E-state index is 12.6. The van der Waals surface area contributed by atoms with Gasteiger partial charge in [0.2, 0.25) is 0 Å². The second-order valence-corrected chi connectivity index (χ2v) is 7.12. The summed E-state index contributed by atoms with van der Waals surface area (Å²) in [6.07, 6.45) is 0. The van der Waals surface area contributed by atoms with Gasteiger partial charge < -0.3 is 4.74 Å². The molecule has 0 radical (unpaired) electrons. The van der Waals surface area contributed by atoms with Gasteiger partial charge >= 0.3 is 5.97 Å².